The Labute approximate surface area is 138 Å². The summed E-state index contributed by atoms with van der Waals surface area (Å²) in [6.07, 6.45) is -0.338. The zero-order valence-electron chi connectivity index (χ0n) is 13.1. The van der Waals surface area contributed by atoms with Gasteiger partial charge in [0.2, 0.25) is 10.0 Å². The summed E-state index contributed by atoms with van der Waals surface area (Å²) in [5, 5.41) is 5.79. The summed E-state index contributed by atoms with van der Waals surface area (Å²) in [6.45, 7) is 1.78. The minimum atomic E-state index is -3.62. The van der Waals surface area contributed by atoms with Crippen molar-refractivity contribution in [1.29, 1.82) is 0 Å². The van der Waals surface area contributed by atoms with Crippen molar-refractivity contribution in [2.75, 3.05) is 12.8 Å². The predicted molar refractivity (Wildman–Crippen MR) is 85.5 cm³/mol. The summed E-state index contributed by atoms with van der Waals surface area (Å²) >= 11 is 0. The van der Waals surface area contributed by atoms with Gasteiger partial charge >= 0.3 is 6.09 Å². The van der Waals surface area contributed by atoms with Gasteiger partial charge in [-0.3, -0.25) is 4.79 Å². The molecular formula is C13H17N5O5S. The first-order valence-corrected chi connectivity index (χ1v) is 8.67. The van der Waals surface area contributed by atoms with Crippen LogP contribution in [-0.2, 0) is 21.3 Å². The third kappa shape index (κ3) is 7.47. The number of nitrogens with zero attached hydrogens (tertiary/aromatic N) is 3. The minimum Gasteiger partial charge on any atom is -0.446 e. The van der Waals surface area contributed by atoms with Crippen LogP contribution in [0.5, 0.6) is 0 Å². The molecule has 24 heavy (non-hydrogen) atoms. The molecule has 2 amide bonds. The van der Waals surface area contributed by atoms with E-state index in [1.165, 1.54) is 12.1 Å². The zero-order valence-corrected chi connectivity index (χ0v) is 13.9. The van der Waals surface area contributed by atoms with Crippen LogP contribution >= 0.6 is 0 Å². The fourth-order valence-corrected chi connectivity index (χ4v) is 2.04. The Morgan fingerprint density at radius 1 is 1.33 bits per heavy atom. The number of carbonyl (C=O) groups is 2. The molecule has 10 nitrogen and oxygen atoms in total. The molecule has 1 aromatic rings. The van der Waals surface area contributed by atoms with Gasteiger partial charge < -0.3 is 10.1 Å². The highest BCUT2D eigenvalue weighted by Gasteiger charge is 2.11. The van der Waals surface area contributed by atoms with Gasteiger partial charge in [-0.1, -0.05) is 17.2 Å². The van der Waals surface area contributed by atoms with Crippen LogP contribution in [0.25, 0.3) is 10.4 Å². The Balaban J connectivity index is 2.51. The van der Waals surface area contributed by atoms with E-state index < -0.39 is 28.1 Å². The fourth-order valence-electron chi connectivity index (χ4n) is 1.59. The molecule has 1 rings (SSSR count). The van der Waals surface area contributed by atoms with E-state index in [1.54, 1.807) is 19.1 Å². The predicted octanol–water partition coefficient (Wildman–Crippen LogP) is 1.30. The van der Waals surface area contributed by atoms with E-state index in [-0.39, 0.29) is 18.7 Å². The topological polar surface area (TPSA) is 150 Å². The minimum absolute atomic E-state index is 0.0358. The van der Waals surface area contributed by atoms with E-state index >= 15 is 0 Å². The van der Waals surface area contributed by atoms with Crippen molar-refractivity contribution in [3.8, 4) is 0 Å². The summed E-state index contributed by atoms with van der Waals surface area (Å²) in [5.74, 6) is -0.733. The quantitative estimate of drug-likeness (QED) is 0.429. The third-order valence-electron chi connectivity index (χ3n) is 2.64. The summed E-state index contributed by atoms with van der Waals surface area (Å²) in [7, 11) is -3.62. The van der Waals surface area contributed by atoms with E-state index in [4.69, 9.17) is 10.3 Å². The smallest absolute Gasteiger partial charge is 0.407 e. The van der Waals surface area contributed by atoms with E-state index in [9.17, 15) is 18.0 Å². The van der Waals surface area contributed by atoms with Gasteiger partial charge in [-0.2, -0.15) is 0 Å². The summed E-state index contributed by atoms with van der Waals surface area (Å²) in [4.78, 5) is 25.7. The van der Waals surface area contributed by atoms with Crippen molar-refractivity contribution in [3.05, 3.63) is 45.8 Å². The lowest BCUT2D eigenvalue weighted by Crippen LogP contribution is -2.29. The average molecular weight is 355 g/mol. The number of carbonyl (C=O) groups excluding carboxylic acids is 2. The molecular weight excluding hydrogens is 338 g/mol. The second-order valence-corrected chi connectivity index (χ2v) is 6.63. The molecule has 0 saturated heterocycles. The van der Waals surface area contributed by atoms with E-state index in [1.807, 2.05) is 4.72 Å². The van der Waals surface area contributed by atoms with Crippen LogP contribution in [0.3, 0.4) is 0 Å². The maximum absolute atomic E-state index is 11.6. The maximum atomic E-state index is 11.6. The molecule has 0 fully saturated rings. The molecule has 0 saturated carbocycles. The molecule has 0 aliphatic carbocycles. The standard InChI is InChI=1S/C13H17N5O5S/c1-9(7-16-18-14)23-13(20)15-8-10-3-5-11(6-4-10)12(19)17-24(2,21)22/h3-6,9H,7-8H2,1-2H3,(H,15,20)(H,17,19). The van der Waals surface area contributed by atoms with E-state index in [0.717, 1.165) is 6.26 Å². The average Bonchev–Trinajstić information content (AvgIpc) is 2.49. The first-order valence-electron chi connectivity index (χ1n) is 6.77. The van der Waals surface area contributed by atoms with Gasteiger partial charge in [-0.15, -0.1) is 0 Å². The number of nitrogens with one attached hydrogen (secondary N) is 2. The molecule has 0 aliphatic heterocycles. The first-order chi connectivity index (χ1) is 11.2. The van der Waals surface area contributed by atoms with Crippen LogP contribution in [0.2, 0.25) is 0 Å². The number of rotatable bonds is 7. The van der Waals surface area contributed by atoms with E-state index in [2.05, 4.69) is 15.3 Å². The molecule has 0 heterocycles. The first kappa shape index (κ1) is 19.3. The third-order valence-corrected chi connectivity index (χ3v) is 3.20. The van der Waals surface area contributed by atoms with Crippen molar-refractivity contribution in [1.82, 2.24) is 10.0 Å². The molecule has 1 aromatic carbocycles. The number of ether oxygens (including phenoxy) is 1. The van der Waals surface area contributed by atoms with E-state index in [0.29, 0.717) is 5.56 Å². The summed E-state index contributed by atoms with van der Waals surface area (Å²) < 4.78 is 28.8. The number of amides is 2. The molecule has 0 aromatic heterocycles. The van der Waals surface area contributed by atoms with Crippen LogP contribution in [0.15, 0.2) is 29.4 Å². The number of hydrogen-bond donors (Lipinski definition) is 2. The maximum Gasteiger partial charge on any atom is 0.407 e. The number of sulfonamides is 1. The lowest BCUT2D eigenvalue weighted by molar-refractivity contribution is 0.0980. The van der Waals surface area contributed by atoms with Gasteiger partial charge in [0.25, 0.3) is 5.91 Å². The van der Waals surface area contributed by atoms with Crippen LogP contribution in [0, 0.1) is 0 Å². The molecule has 11 heteroatoms. The lowest BCUT2D eigenvalue weighted by atomic mass is 10.1. The Kier molecular flexibility index (Phi) is 7.02. The number of azide groups is 1. The Bertz CT molecular complexity index is 741. The fraction of sp³-hybridized carbons (Fsp3) is 0.385. The second kappa shape index (κ2) is 8.75. The number of alkyl carbamates (subject to hydrolysis) is 1. The van der Waals surface area contributed by atoms with Gasteiger partial charge in [-0.25, -0.2) is 17.9 Å². The largest absolute Gasteiger partial charge is 0.446 e. The summed E-state index contributed by atoms with van der Waals surface area (Å²) in [5.41, 5.74) is 9.03. The Hall–Kier alpha value is -2.78. The highest BCUT2D eigenvalue weighted by Crippen LogP contribution is 2.05. The molecule has 130 valence electrons. The van der Waals surface area contributed by atoms with Crippen molar-refractivity contribution in [2.24, 2.45) is 5.11 Å². The number of hydrogen-bond acceptors (Lipinski definition) is 6. The lowest BCUT2D eigenvalue weighted by Gasteiger charge is -2.11. The number of benzene rings is 1. The normalized spacial score (nSPS) is 11.8. The molecule has 0 radical (unpaired) electrons. The van der Waals surface area contributed by atoms with Gasteiger partial charge in [0, 0.05) is 17.0 Å². The second-order valence-electron chi connectivity index (χ2n) is 4.88. The van der Waals surface area contributed by atoms with Crippen LogP contribution in [0.1, 0.15) is 22.8 Å². The molecule has 1 atom stereocenters. The SMILES string of the molecule is CC(CN=[N+]=[N-])OC(=O)NCc1ccc(C(=O)NS(C)(=O)=O)cc1. The van der Waals surface area contributed by atoms with Crippen molar-refractivity contribution >= 4 is 22.0 Å². The van der Waals surface area contributed by atoms with Gasteiger partial charge in [-0.05, 0) is 30.2 Å². The molecule has 1 unspecified atom stereocenters. The van der Waals surface area contributed by atoms with Crippen molar-refractivity contribution in [2.45, 2.75) is 19.6 Å². The van der Waals surface area contributed by atoms with Gasteiger partial charge in [0.05, 0.1) is 12.8 Å². The van der Waals surface area contributed by atoms with Crippen LogP contribution in [0.4, 0.5) is 4.79 Å². The van der Waals surface area contributed by atoms with Crippen LogP contribution < -0.4 is 10.0 Å². The zero-order chi connectivity index (χ0) is 18.2. The molecule has 2 N–H and O–H groups in total. The Morgan fingerprint density at radius 2 is 1.96 bits per heavy atom. The monoisotopic (exact) mass is 355 g/mol. The molecule has 0 aliphatic rings. The molecule has 0 bridgehead atoms. The van der Waals surface area contributed by atoms with Crippen molar-refractivity contribution < 1.29 is 22.7 Å². The van der Waals surface area contributed by atoms with Gasteiger partial charge in [0.15, 0.2) is 0 Å². The highest BCUT2D eigenvalue weighted by atomic mass is 32.2. The van der Waals surface area contributed by atoms with Crippen LogP contribution in [-0.4, -0.2) is 39.3 Å². The van der Waals surface area contributed by atoms with Gasteiger partial charge in [0.1, 0.15) is 6.10 Å². The summed E-state index contributed by atoms with van der Waals surface area (Å²) in [6, 6.07) is 6.02. The van der Waals surface area contributed by atoms with Crippen molar-refractivity contribution in [3.63, 3.8) is 0 Å². The Morgan fingerprint density at radius 3 is 2.50 bits per heavy atom. The highest BCUT2D eigenvalue weighted by molar-refractivity contribution is 7.89. The molecule has 0 spiro atoms.